The van der Waals surface area contributed by atoms with Crippen LogP contribution >= 0.6 is 0 Å². The molecule has 0 unspecified atom stereocenters. The number of nitrogens with zero attached hydrogens (tertiary/aromatic N) is 6. The molecule has 2 N–H and O–H groups in total. The Hall–Kier alpha value is -2.81. The van der Waals surface area contributed by atoms with Gasteiger partial charge in [0.15, 0.2) is 5.82 Å². The lowest BCUT2D eigenvalue weighted by molar-refractivity contribution is 0.399. The highest BCUT2D eigenvalue weighted by Crippen LogP contribution is 2.23. The third kappa shape index (κ3) is 2.44. The molecule has 2 aromatic heterocycles. The Balaban J connectivity index is 1.57. The van der Waals surface area contributed by atoms with E-state index in [0.717, 1.165) is 11.6 Å². The van der Waals surface area contributed by atoms with E-state index in [1.54, 1.807) is 12.1 Å². The van der Waals surface area contributed by atoms with Crippen LogP contribution < -0.4 is 10.6 Å². The molecule has 1 aliphatic heterocycles. The summed E-state index contributed by atoms with van der Waals surface area (Å²) in [6.07, 6.45) is 0. The van der Waals surface area contributed by atoms with E-state index < -0.39 is 0 Å². The van der Waals surface area contributed by atoms with Crippen molar-refractivity contribution < 1.29 is 8.91 Å². The Kier molecular flexibility index (Phi) is 3.27. The van der Waals surface area contributed by atoms with E-state index in [1.807, 2.05) is 9.47 Å². The van der Waals surface area contributed by atoms with Crippen molar-refractivity contribution in [1.29, 1.82) is 0 Å². The van der Waals surface area contributed by atoms with Crippen molar-refractivity contribution in [3.8, 4) is 11.4 Å². The molecule has 0 radical (unpaired) electrons. The molecule has 23 heavy (non-hydrogen) atoms. The summed E-state index contributed by atoms with van der Waals surface area (Å²) in [5.41, 5.74) is 6.34. The lowest BCUT2D eigenvalue weighted by atomic mass is 10.2. The van der Waals surface area contributed by atoms with E-state index in [9.17, 15) is 4.39 Å². The van der Waals surface area contributed by atoms with E-state index >= 15 is 0 Å². The van der Waals surface area contributed by atoms with Crippen LogP contribution in [0, 0.1) is 5.82 Å². The van der Waals surface area contributed by atoms with Gasteiger partial charge < -0.3 is 19.7 Å². The first kappa shape index (κ1) is 13.8. The van der Waals surface area contributed by atoms with Crippen molar-refractivity contribution in [3.05, 3.63) is 41.7 Å². The highest BCUT2D eigenvalue weighted by molar-refractivity contribution is 5.55. The lowest BCUT2D eigenvalue weighted by Gasteiger charge is -2.25. The molecule has 3 heterocycles. The number of aromatic nitrogens is 5. The second-order valence-corrected chi connectivity index (χ2v) is 5.22. The Bertz CT molecular complexity index is 826. The average molecular weight is 315 g/mol. The van der Waals surface area contributed by atoms with Gasteiger partial charge in [-0.15, -0.1) is 10.2 Å². The number of anilines is 1. The van der Waals surface area contributed by atoms with Gasteiger partial charge in [-0.2, -0.15) is 4.98 Å². The molecule has 9 heteroatoms. The molecule has 4 rings (SSSR count). The predicted octanol–water partition coefficient (Wildman–Crippen LogP) is 0.946. The molecule has 0 aliphatic carbocycles. The van der Waals surface area contributed by atoms with Crippen LogP contribution in [0.5, 0.6) is 0 Å². The second kappa shape index (κ2) is 5.43. The standard InChI is InChI=1S/C14H14FN7O/c15-10-3-1-9(2-4-10)13-17-14(23-20-13)21-5-6-22-11(7-16)18-19-12(22)8-21/h1-4H,5-8,16H2. The van der Waals surface area contributed by atoms with Gasteiger partial charge in [0.25, 0.3) is 0 Å². The minimum atomic E-state index is -0.302. The third-order valence-corrected chi connectivity index (χ3v) is 3.80. The van der Waals surface area contributed by atoms with Crippen molar-refractivity contribution >= 4 is 6.01 Å². The first-order valence-electron chi connectivity index (χ1n) is 7.20. The maximum atomic E-state index is 13.0. The van der Waals surface area contributed by atoms with Gasteiger partial charge in [0.05, 0.1) is 13.1 Å². The molecule has 1 aliphatic rings. The normalized spacial score (nSPS) is 14.1. The quantitative estimate of drug-likeness (QED) is 0.768. The van der Waals surface area contributed by atoms with E-state index in [1.165, 1.54) is 12.1 Å². The minimum Gasteiger partial charge on any atom is -0.324 e. The maximum Gasteiger partial charge on any atom is 0.324 e. The van der Waals surface area contributed by atoms with Crippen molar-refractivity contribution in [2.24, 2.45) is 5.73 Å². The first-order valence-corrected chi connectivity index (χ1v) is 7.20. The monoisotopic (exact) mass is 315 g/mol. The highest BCUT2D eigenvalue weighted by atomic mass is 19.1. The Morgan fingerprint density at radius 3 is 2.78 bits per heavy atom. The predicted molar refractivity (Wildman–Crippen MR) is 78.7 cm³/mol. The maximum absolute atomic E-state index is 13.0. The number of halogens is 1. The van der Waals surface area contributed by atoms with Gasteiger partial charge in [0, 0.05) is 18.7 Å². The first-order chi connectivity index (χ1) is 11.2. The summed E-state index contributed by atoms with van der Waals surface area (Å²) >= 11 is 0. The largest absolute Gasteiger partial charge is 0.324 e. The summed E-state index contributed by atoms with van der Waals surface area (Å²) in [5, 5.41) is 12.2. The van der Waals surface area contributed by atoms with E-state index in [2.05, 4.69) is 20.3 Å². The van der Waals surface area contributed by atoms with E-state index in [4.69, 9.17) is 10.3 Å². The van der Waals surface area contributed by atoms with Crippen LogP contribution in [0.1, 0.15) is 11.6 Å². The third-order valence-electron chi connectivity index (χ3n) is 3.80. The smallest absolute Gasteiger partial charge is 0.324 e. The zero-order valence-corrected chi connectivity index (χ0v) is 12.2. The number of benzene rings is 1. The number of hydrogen-bond acceptors (Lipinski definition) is 7. The zero-order valence-electron chi connectivity index (χ0n) is 12.2. The summed E-state index contributed by atoms with van der Waals surface area (Å²) in [6, 6.07) is 6.37. The van der Waals surface area contributed by atoms with E-state index in [-0.39, 0.29) is 5.82 Å². The molecule has 0 saturated carbocycles. The van der Waals surface area contributed by atoms with Crippen LogP contribution in [-0.2, 0) is 19.6 Å². The van der Waals surface area contributed by atoms with Crippen molar-refractivity contribution in [2.45, 2.75) is 19.6 Å². The van der Waals surface area contributed by atoms with Crippen LogP contribution in [0.25, 0.3) is 11.4 Å². The van der Waals surface area contributed by atoms with Gasteiger partial charge in [-0.3, -0.25) is 0 Å². The molecule has 3 aromatic rings. The molecule has 0 atom stereocenters. The molecule has 0 amide bonds. The molecule has 0 saturated heterocycles. The van der Waals surface area contributed by atoms with Gasteiger partial charge in [-0.1, -0.05) is 5.16 Å². The number of rotatable bonds is 3. The Morgan fingerprint density at radius 1 is 1.17 bits per heavy atom. The molecule has 0 spiro atoms. The summed E-state index contributed by atoms with van der Waals surface area (Å²) in [5.74, 6) is 1.72. The number of hydrogen-bond donors (Lipinski definition) is 1. The van der Waals surface area contributed by atoms with Crippen LogP contribution in [0.15, 0.2) is 28.8 Å². The van der Waals surface area contributed by atoms with Gasteiger partial charge >= 0.3 is 6.01 Å². The number of fused-ring (bicyclic) bond motifs is 1. The lowest BCUT2D eigenvalue weighted by Crippen LogP contribution is -2.34. The fourth-order valence-corrected chi connectivity index (χ4v) is 2.59. The highest BCUT2D eigenvalue weighted by Gasteiger charge is 2.24. The molecule has 0 fully saturated rings. The fraction of sp³-hybridized carbons (Fsp3) is 0.286. The topological polar surface area (TPSA) is 98.9 Å². The molecule has 118 valence electrons. The summed E-state index contributed by atoms with van der Waals surface area (Å²) in [6.45, 7) is 2.30. The number of nitrogens with two attached hydrogens (primary N) is 1. The second-order valence-electron chi connectivity index (χ2n) is 5.22. The minimum absolute atomic E-state index is 0.302. The summed E-state index contributed by atoms with van der Waals surface area (Å²) in [4.78, 5) is 6.31. The molecule has 1 aromatic carbocycles. The van der Waals surface area contributed by atoms with Crippen LogP contribution in [0.4, 0.5) is 10.4 Å². The van der Waals surface area contributed by atoms with Crippen molar-refractivity contribution in [1.82, 2.24) is 24.9 Å². The fourth-order valence-electron chi connectivity index (χ4n) is 2.59. The van der Waals surface area contributed by atoms with Gasteiger partial charge in [-0.05, 0) is 24.3 Å². The van der Waals surface area contributed by atoms with Gasteiger partial charge in [0.2, 0.25) is 5.82 Å². The van der Waals surface area contributed by atoms with Crippen LogP contribution in [-0.4, -0.2) is 31.4 Å². The molecule has 8 nitrogen and oxygen atoms in total. The average Bonchev–Trinajstić information content (AvgIpc) is 3.21. The van der Waals surface area contributed by atoms with Crippen LogP contribution in [0.3, 0.4) is 0 Å². The van der Waals surface area contributed by atoms with Crippen LogP contribution in [0.2, 0.25) is 0 Å². The zero-order chi connectivity index (χ0) is 15.8. The Morgan fingerprint density at radius 2 is 2.00 bits per heavy atom. The van der Waals surface area contributed by atoms with E-state index in [0.29, 0.717) is 43.6 Å². The molecule has 0 bridgehead atoms. The SMILES string of the molecule is NCc1nnc2n1CCN(c1nc(-c3ccc(F)cc3)no1)C2. The summed E-state index contributed by atoms with van der Waals surface area (Å²) in [7, 11) is 0. The van der Waals surface area contributed by atoms with Gasteiger partial charge in [-0.25, -0.2) is 4.39 Å². The van der Waals surface area contributed by atoms with Crippen molar-refractivity contribution in [2.75, 3.05) is 11.4 Å². The van der Waals surface area contributed by atoms with Gasteiger partial charge in [0.1, 0.15) is 11.6 Å². The molecular weight excluding hydrogens is 301 g/mol. The summed E-state index contributed by atoms with van der Waals surface area (Å²) < 4.78 is 20.3. The van der Waals surface area contributed by atoms with Crippen molar-refractivity contribution in [3.63, 3.8) is 0 Å². The Labute approximate surface area is 130 Å². The molecular formula is C14H14FN7O.